The number of allylic oxidation sites excluding steroid dienone is 3. The van der Waals surface area contributed by atoms with Gasteiger partial charge in [0, 0.05) is 5.57 Å². The minimum Gasteiger partial charge on any atom is -0.406 e. The Morgan fingerprint density at radius 1 is 0.875 bits per heavy atom. The molecule has 3 rings (SSSR count). The van der Waals surface area contributed by atoms with E-state index in [0.29, 0.717) is 30.3 Å². The normalized spacial score (nSPS) is 18.3. The maximum Gasteiger partial charge on any atom is 0.573 e. The third-order valence-corrected chi connectivity index (χ3v) is 6.29. The number of carbonyl (C=O) groups excluding carboxylic acids is 1. The van der Waals surface area contributed by atoms with E-state index < -0.39 is 82.5 Å². The summed E-state index contributed by atoms with van der Waals surface area (Å²) in [4.78, 5) is 11.9. The highest BCUT2D eigenvalue weighted by Gasteiger charge is 2.71. The summed E-state index contributed by atoms with van der Waals surface area (Å²) in [6.07, 6.45) is -18.4. The second-order valence-electron chi connectivity index (χ2n) is 8.54. The molecule has 5 nitrogen and oxygen atoms in total. The molecule has 2 N–H and O–H groups in total. The summed E-state index contributed by atoms with van der Waals surface area (Å²) in [6.45, 7) is 0. The van der Waals surface area contributed by atoms with Crippen molar-refractivity contribution in [3.63, 3.8) is 0 Å². The van der Waals surface area contributed by atoms with E-state index in [1.807, 2.05) is 0 Å². The lowest BCUT2D eigenvalue weighted by Crippen LogP contribution is -2.57. The number of benzene rings is 2. The smallest absolute Gasteiger partial charge is 0.406 e. The quantitative estimate of drug-likeness (QED) is 0.360. The first-order chi connectivity index (χ1) is 18.4. The summed E-state index contributed by atoms with van der Waals surface area (Å²) in [5.74, 6) is -5.53. The third-order valence-electron chi connectivity index (χ3n) is 6.29. The summed E-state index contributed by atoms with van der Waals surface area (Å²) >= 11 is 0. The first-order valence-corrected chi connectivity index (χ1v) is 10.9. The molecule has 0 heterocycles. The monoisotopic (exact) mass is 582 g/mol. The van der Waals surface area contributed by atoms with Gasteiger partial charge in [0.05, 0.1) is 17.9 Å². The number of nitrogens with zero attached hydrogens (tertiary/aromatic N) is 1. The number of nitriles is 1. The zero-order chi connectivity index (χ0) is 30.1. The number of primary amides is 1. The number of hydrogen-bond acceptors (Lipinski definition) is 4. The van der Waals surface area contributed by atoms with Crippen LogP contribution in [-0.4, -0.2) is 24.8 Å². The van der Waals surface area contributed by atoms with Gasteiger partial charge in [0.1, 0.15) is 22.7 Å². The van der Waals surface area contributed by atoms with Gasteiger partial charge >= 0.3 is 18.9 Å². The van der Waals surface area contributed by atoms with Gasteiger partial charge < -0.3 is 15.2 Å². The van der Waals surface area contributed by atoms with E-state index in [2.05, 4.69) is 9.47 Å². The largest absolute Gasteiger partial charge is 0.573 e. The van der Waals surface area contributed by atoms with Crippen LogP contribution in [0.4, 0.5) is 43.9 Å². The number of nitrogens with two attached hydrogens (primary N) is 1. The minimum absolute atomic E-state index is 0.259. The predicted octanol–water partition coefficient (Wildman–Crippen LogP) is 6.90. The van der Waals surface area contributed by atoms with Crippen molar-refractivity contribution >= 4 is 5.91 Å². The summed E-state index contributed by atoms with van der Waals surface area (Å²) in [7, 11) is 0. The molecule has 0 bridgehead atoms. The molecular formula is C25H16F10N2O3. The fourth-order valence-electron chi connectivity index (χ4n) is 4.80. The Labute approximate surface area is 219 Å². The molecule has 2 aromatic carbocycles. The summed E-state index contributed by atoms with van der Waals surface area (Å²) in [6, 6.07) is 7.03. The number of carbonyl (C=O) groups is 1. The van der Waals surface area contributed by atoms with Crippen molar-refractivity contribution in [2.75, 3.05) is 0 Å². The Balaban J connectivity index is 2.52. The van der Waals surface area contributed by atoms with Gasteiger partial charge in [0.2, 0.25) is 5.91 Å². The molecule has 1 unspecified atom stereocenters. The molecule has 0 fully saturated rings. The van der Waals surface area contributed by atoms with Gasteiger partial charge in [-0.15, -0.1) is 26.3 Å². The molecule has 15 heteroatoms. The Kier molecular flexibility index (Phi) is 7.88. The van der Waals surface area contributed by atoms with E-state index in [0.717, 1.165) is 24.3 Å². The van der Waals surface area contributed by atoms with Crippen LogP contribution in [0.2, 0.25) is 0 Å². The van der Waals surface area contributed by atoms with Crippen LogP contribution >= 0.6 is 0 Å². The molecule has 0 radical (unpaired) electrons. The first-order valence-electron chi connectivity index (χ1n) is 10.9. The van der Waals surface area contributed by atoms with E-state index in [-0.39, 0.29) is 6.08 Å². The molecule has 40 heavy (non-hydrogen) atoms. The number of hydrogen-bond donors (Lipinski definition) is 1. The molecular weight excluding hydrogens is 566 g/mol. The summed E-state index contributed by atoms with van der Waals surface area (Å²) in [5, 5.41) is 9.72. The van der Waals surface area contributed by atoms with Gasteiger partial charge in [-0.05, 0) is 47.9 Å². The van der Waals surface area contributed by atoms with Crippen LogP contribution in [-0.2, 0) is 10.2 Å². The second-order valence-corrected chi connectivity index (χ2v) is 8.54. The molecule has 0 saturated heterocycles. The number of ether oxygens (including phenoxy) is 2. The molecule has 0 aliphatic heterocycles. The van der Waals surface area contributed by atoms with Crippen LogP contribution in [0.5, 0.6) is 11.5 Å². The van der Waals surface area contributed by atoms with E-state index in [1.165, 1.54) is 6.07 Å². The Bertz CT molecular complexity index is 1330. The number of halogens is 10. The molecule has 1 aliphatic rings. The average molecular weight is 582 g/mol. The maximum atomic E-state index is 15.8. The van der Waals surface area contributed by atoms with Crippen molar-refractivity contribution in [2.24, 2.45) is 11.1 Å². The predicted molar refractivity (Wildman–Crippen MR) is 117 cm³/mol. The molecule has 0 aromatic heterocycles. The van der Waals surface area contributed by atoms with Crippen LogP contribution in [0, 0.1) is 16.7 Å². The van der Waals surface area contributed by atoms with Gasteiger partial charge in [0.25, 0.3) is 0 Å². The third kappa shape index (κ3) is 5.70. The van der Waals surface area contributed by atoms with Crippen molar-refractivity contribution in [1.82, 2.24) is 0 Å². The van der Waals surface area contributed by atoms with Crippen LogP contribution in [0.1, 0.15) is 24.0 Å². The van der Waals surface area contributed by atoms with Crippen molar-refractivity contribution in [2.45, 2.75) is 37.2 Å². The van der Waals surface area contributed by atoms with Crippen LogP contribution in [0.15, 0.2) is 72.1 Å². The lowest BCUT2D eigenvalue weighted by Gasteiger charge is -2.51. The van der Waals surface area contributed by atoms with E-state index in [9.17, 15) is 36.4 Å². The summed E-state index contributed by atoms with van der Waals surface area (Å²) in [5.41, 5.74) is -4.24. The van der Waals surface area contributed by atoms with Crippen LogP contribution in [0.25, 0.3) is 0 Å². The highest BCUT2D eigenvalue weighted by molar-refractivity contribution is 5.93. The Hall–Kier alpha value is -4.22. The SMILES string of the molecule is N#CCC(c1cccc(OC(F)(F)F)c1)(c1cccc(OC(F)(F)F)c1)C1(C(F)(F)F)CC(C(N)=O)=CC=C1F. The molecule has 2 aromatic rings. The van der Waals surface area contributed by atoms with Gasteiger partial charge in [-0.1, -0.05) is 30.3 Å². The Morgan fingerprint density at radius 2 is 1.35 bits per heavy atom. The fraction of sp³-hybridized carbons (Fsp3) is 0.280. The van der Waals surface area contributed by atoms with Crippen molar-refractivity contribution in [3.8, 4) is 17.6 Å². The minimum atomic E-state index is -5.72. The van der Waals surface area contributed by atoms with Crippen molar-refractivity contribution in [1.29, 1.82) is 5.26 Å². The number of rotatable bonds is 7. The molecule has 1 amide bonds. The van der Waals surface area contributed by atoms with Crippen molar-refractivity contribution < 1.29 is 58.2 Å². The zero-order valence-corrected chi connectivity index (χ0v) is 19.7. The van der Waals surface area contributed by atoms with E-state index >= 15 is 17.6 Å². The highest BCUT2D eigenvalue weighted by Crippen LogP contribution is 2.65. The van der Waals surface area contributed by atoms with E-state index in [1.54, 1.807) is 0 Å². The fourth-order valence-corrected chi connectivity index (χ4v) is 4.80. The van der Waals surface area contributed by atoms with Gasteiger partial charge in [-0.25, -0.2) is 4.39 Å². The second kappa shape index (κ2) is 10.4. The topological polar surface area (TPSA) is 85.3 Å². The zero-order valence-electron chi connectivity index (χ0n) is 19.7. The standard InChI is InChI=1S/C25H16F10N2O3/c26-19-8-7-14(20(37)38)13-22(19,23(27,28)29)21(9-10-36,15-3-1-5-17(11-15)39-24(30,31)32)16-4-2-6-18(12-16)40-25(33,34)35/h1-8,11-12H,9,13H2,(H2,37,38). The molecule has 0 spiro atoms. The lowest BCUT2D eigenvalue weighted by atomic mass is 9.51. The number of alkyl halides is 9. The van der Waals surface area contributed by atoms with E-state index in [4.69, 9.17) is 5.73 Å². The molecule has 214 valence electrons. The first kappa shape index (κ1) is 30.3. The van der Waals surface area contributed by atoms with Crippen LogP contribution in [0.3, 0.4) is 0 Å². The van der Waals surface area contributed by atoms with Crippen molar-refractivity contribution in [3.05, 3.63) is 83.2 Å². The van der Waals surface area contributed by atoms with Gasteiger partial charge in [0.15, 0.2) is 0 Å². The lowest BCUT2D eigenvalue weighted by molar-refractivity contribution is -0.275. The molecule has 1 aliphatic carbocycles. The highest BCUT2D eigenvalue weighted by atomic mass is 19.4. The Morgan fingerprint density at radius 3 is 1.73 bits per heavy atom. The van der Waals surface area contributed by atoms with Crippen LogP contribution < -0.4 is 15.2 Å². The molecule has 1 atom stereocenters. The maximum absolute atomic E-state index is 15.8. The average Bonchev–Trinajstić information content (AvgIpc) is 2.80. The molecule has 0 saturated carbocycles. The van der Waals surface area contributed by atoms with Gasteiger partial charge in [-0.2, -0.15) is 18.4 Å². The van der Waals surface area contributed by atoms with Gasteiger partial charge in [-0.3, -0.25) is 4.79 Å². The number of amides is 1. The summed E-state index contributed by atoms with van der Waals surface area (Å²) < 4.78 is 147.